The van der Waals surface area contributed by atoms with Gasteiger partial charge in [-0.05, 0) is 55.2 Å². The van der Waals surface area contributed by atoms with Gasteiger partial charge in [-0.25, -0.2) is 9.48 Å². The van der Waals surface area contributed by atoms with Crippen LogP contribution in [0.25, 0.3) is 22.7 Å². The van der Waals surface area contributed by atoms with Crippen LogP contribution < -0.4 is 15.4 Å². The number of anilines is 1. The van der Waals surface area contributed by atoms with Crippen LogP contribution in [0.15, 0.2) is 103 Å². The lowest BCUT2D eigenvalue weighted by Gasteiger charge is -2.32. The van der Waals surface area contributed by atoms with Crippen LogP contribution in [-0.2, 0) is 5.41 Å². The highest BCUT2D eigenvalue weighted by Crippen LogP contribution is 2.39. The monoisotopic (exact) mass is 611 g/mol. The van der Waals surface area contributed by atoms with E-state index in [1.165, 1.54) is 0 Å². The van der Waals surface area contributed by atoms with Crippen molar-refractivity contribution in [3.05, 3.63) is 126 Å². The van der Waals surface area contributed by atoms with Gasteiger partial charge in [-0.1, -0.05) is 93.1 Å². The van der Waals surface area contributed by atoms with Gasteiger partial charge >= 0.3 is 6.03 Å². The summed E-state index contributed by atoms with van der Waals surface area (Å²) in [6, 6.07) is 31.6. The number of ether oxygens (including phenoxy) is 1. The molecule has 3 heterocycles. The van der Waals surface area contributed by atoms with E-state index in [1.807, 2.05) is 95.5 Å². The van der Waals surface area contributed by atoms with Crippen LogP contribution in [0.2, 0.25) is 0 Å². The summed E-state index contributed by atoms with van der Waals surface area (Å²) in [5.74, 6) is 2.11. The minimum Gasteiger partial charge on any atom is -0.484 e. The van der Waals surface area contributed by atoms with Crippen LogP contribution in [0.3, 0.4) is 0 Å². The molecule has 9 heteroatoms. The molecule has 0 saturated heterocycles. The molecule has 0 bridgehead atoms. The van der Waals surface area contributed by atoms with E-state index in [1.54, 1.807) is 4.68 Å². The number of urea groups is 1. The van der Waals surface area contributed by atoms with Crippen molar-refractivity contribution < 1.29 is 9.53 Å². The summed E-state index contributed by atoms with van der Waals surface area (Å²) in [6.45, 7) is 8.39. The van der Waals surface area contributed by atoms with Gasteiger partial charge in [0.1, 0.15) is 17.7 Å². The van der Waals surface area contributed by atoms with Crippen molar-refractivity contribution in [1.29, 1.82) is 0 Å². The Morgan fingerprint density at radius 1 is 0.870 bits per heavy atom. The van der Waals surface area contributed by atoms with Crippen molar-refractivity contribution in [2.24, 2.45) is 0 Å². The molecule has 6 aromatic rings. The van der Waals surface area contributed by atoms with Crippen LogP contribution in [-0.4, -0.2) is 30.4 Å². The van der Waals surface area contributed by atoms with Crippen LogP contribution >= 0.6 is 0 Å². The molecule has 3 aromatic heterocycles. The molecule has 1 aliphatic rings. The fourth-order valence-corrected chi connectivity index (χ4v) is 5.94. The molecular weight excluding hydrogens is 574 g/mol. The van der Waals surface area contributed by atoms with E-state index >= 15 is 0 Å². The first-order valence-corrected chi connectivity index (χ1v) is 15.6. The highest BCUT2D eigenvalue weighted by Gasteiger charge is 2.30. The van der Waals surface area contributed by atoms with E-state index in [0.717, 1.165) is 63.7 Å². The quantitative estimate of drug-likeness (QED) is 0.199. The number of aryl methyl sites for hydroxylation is 1. The van der Waals surface area contributed by atoms with Gasteiger partial charge in [0, 0.05) is 17.0 Å². The third-order valence-electron chi connectivity index (χ3n) is 8.42. The van der Waals surface area contributed by atoms with Crippen LogP contribution in [0.4, 0.5) is 10.6 Å². The van der Waals surface area contributed by atoms with Crippen molar-refractivity contribution in [3.63, 3.8) is 0 Å². The lowest BCUT2D eigenvalue weighted by Crippen LogP contribution is -2.36. The topological polar surface area (TPSA) is 98.4 Å². The average Bonchev–Trinajstić information content (AvgIpc) is 3.68. The maximum atomic E-state index is 13.5. The molecule has 0 saturated carbocycles. The molecule has 3 aromatic carbocycles. The Morgan fingerprint density at radius 2 is 1.61 bits per heavy atom. The molecule has 2 amide bonds. The molecule has 0 radical (unpaired) electrons. The number of fused-ring (bicyclic) bond motifs is 2. The van der Waals surface area contributed by atoms with Crippen LogP contribution in [0.1, 0.15) is 68.1 Å². The summed E-state index contributed by atoms with van der Waals surface area (Å²) >= 11 is 0. The number of pyridine rings is 1. The molecule has 1 aliphatic carbocycles. The molecule has 232 valence electrons. The molecule has 0 unspecified atom stereocenters. The van der Waals surface area contributed by atoms with Gasteiger partial charge in [-0.15, -0.1) is 10.2 Å². The molecule has 2 N–H and O–H groups in total. The molecule has 2 atom stereocenters. The number of nitrogens with one attached hydrogen (secondary N) is 2. The number of benzene rings is 3. The van der Waals surface area contributed by atoms with Gasteiger partial charge < -0.3 is 10.1 Å². The van der Waals surface area contributed by atoms with Crippen molar-refractivity contribution in [2.45, 2.75) is 58.1 Å². The number of amides is 2. The van der Waals surface area contributed by atoms with Crippen LogP contribution in [0, 0.1) is 6.92 Å². The largest absolute Gasteiger partial charge is 0.484 e. The first-order valence-electron chi connectivity index (χ1n) is 15.6. The second-order valence-electron chi connectivity index (χ2n) is 12.9. The second kappa shape index (κ2) is 11.8. The Hall–Kier alpha value is -5.44. The molecule has 0 spiro atoms. The third kappa shape index (κ3) is 5.83. The van der Waals surface area contributed by atoms with Crippen molar-refractivity contribution in [3.8, 4) is 22.8 Å². The fraction of sp³-hybridized carbons (Fsp3) is 0.243. The molecule has 0 fully saturated rings. The van der Waals surface area contributed by atoms with Gasteiger partial charge in [0.25, 0.3) is 0 Å². The Kier molecular flexibility index (Phi) is 7.52. The number of carbonyl (C=O) groups is 1. The van der Waals surface area contributed by atoms with Gasteiger partial charge in [-0.2, -0.15) is 5.10 Å². The normalized spacial score (nSPS) is 16.2. The number of hydrogen-bond donors (Lipinski definition) is 2. The molecule has 46 heavy (non-hydrogen) atoms. The minimum atomic E-state index is -0.278. The van der Waals surface area contributed by atoms with Crippen LogP contribution in [0.5, 0.6) is 5.75 Å². The summed E-state index contributed by atoms with van der Waals surface area (Å²) in [5, 5.41) is 19.9. The van der Waals surface area contributed by atoms with Crippen molar-refractivity contribution in [1.82, 2.24) is 29.7 Å². The summed E-state index contributed by atoms with van der Waals surface area (Å²) in [6.07, 6.45) is 3.25. The van der Waals surface area contributed by atoms with Crippen molar-refractivity contribution in [2.75, 3.05) is 5.32 Å². The first kappa shape index (κ1) is 29.3. The summed E-state index contributed by atoms with van der Waals surface area (Å²) in [5.41, 5.74) is 6.61. The molecule has 0 aliphatic heterocycles. The minimum absolute atomic E-state index is 0.163. The van der Waals surface area contributed by atoms with E-state index in [9.17, 15) is 4.79 Å². The summed E-state index contributed by atoms with van der Waals surface area (Å²) in [7, 11) is 0. The van der Waals surface area contributed by atoms with Gasteiger partial charge in [-0.3, -0.25) is 9.72 Å². The molecular formula is C37H37N7O2. The van der Waals surface area contributed by atoms with Gasteiger partial charge in [0.2, 0.25) is 0 Å². The number of aromatic nitrogens is 5. The van der Waals surface area contributed by atoms with E-state index < -0.39 is 0 Å². The third-order valence-corrected chi connectivity index (χ3v) is 8.42. The van der Waals surface area contributed by atoms with Gasteiger partial charge in [0.05, 0.1) is 23.6 Å². The predicted octanol–water partition coefficient (Wildman–Crippen LogP) is 7.96. The smallest absolute Gasteiger partial charge is 0.320 e. The molecule has 7 rings (SSSR count). The number of carbonyl (C=O) groups excluding carboxylic acids is 1. The Balaban J connectivity index is 1.10. The summed E-state index contributed by atoms with van der Waals surface area (Å²) < 4.78 is 10.3. The zero-order chi connectivity index (χ0) is 31.8. The summed E-state index contributed by atoms with van der Waals surface area (Å²) in [4.78, 5) is 13.5. The van der Waals surface area contributed by atoms with Gasteiger partial charge in [0.15, 0.2) is 11.5 Å². The van der Waals surface area contributed by atoms with E-state index in [2.05, 4.69) is 60.7 Å². The van der Waals surface area contributed by atoms with E-state index in [-0.39, 0.29) is 23.6 Å². The first-order chi connectivity index (χ1) is 22.2. The standard InChI is InChI=1S/C37H37N7O2/c1-24-14-16-26(17-15-24)44-34(22-32(42-44)37(2,3)4)39-36(45)38-30-19-20-31(29-13-9-8-12-28(29)30)46-27-18-21-33-40-41-35(43(33)23-27)25-10-6-5-7-11-25/h5-18,21-23,30-31H,19-20H2,1-4H3,(H2,38,39,45)/t30-,31+/m0/s1. The van der Waals surface area contributed by atoms with E-state index in [4.69, 9.17) is 9.84 Å². The fourth-order valence-electron chi connectivity index (χ4n) is 5.94. The van der Waals surface area contributed by atoms with E-state index in [0.29, 0.717) is 5.82 Å². The maximum Gasteiger partial charge on any atom is 0.320 e. The van der Waals surface area contributed by atoms with Crippen molar-refractivity contribution >= 4 is 17.5 Å². The number of nitrogens with zero attached hydrogens (tertiary/aromatic N) is 5. The highest BCUT2D eigenvalue weighted by atomic mass is 16.5. The predicted molar refractivity (Wildman–Crippen MR) is 179 cm³/mol. The maximum absolute atomic E-state index is 13.5. The Labute approximate surface area is 268 Å². The zero-order valence-electron chi connectivity index (χ0n) is 26.4. The number of rotatable bonds is 6. The SMILES string of the molecule is Cc1ccc(-n2nc(C(C)(C)C)cc2NC(=O)N[C@H]2CC[C@@H](Oc3ccc4nnc(-c5ccccc5)n4c3)c3ccccc32)cc1. The Bertz CT molecular complexity index is 2010. The lowest BCUT2D eigenvalue weighted by molar-refractivity contribution is 0.171. The molecule has 9 nitrogen and oxygen atoms in total. The highest BCUT2D eigenvalue weighted by molar-refractivity contribution is 5.89. The second-order valence-corrected chi connectivity index (χ2v) is 12.9. The Morgan fingerprint density at radius 3 is 2.37 bits per heavy atom. The lowest BCUT2D eigenvalue weighted by atomic mass is 9.85. The average molecular weight is 612 g/mol. The number of hydrogen-bond acceptors (Lipinski definition) is 5. The zero-order valence-corrected chi connectivity index (χ0v) is 26.4.